The van der Waals surface area contributed by atoms with E-state index in [2.05, 4.69) is 16.3 Å². The van der Waals surface area contributed by atoms with E-state index >= 15 is 0 Å². The van der Waals surface area contributed by atoms with Crippen LogP contribution in [0.1, 0.15) is 5.56 Å². The largest absolute Gasteiger partial charge is 0.493 e. The molecule has 0 bridgehead atoms. The van der Waals surface area contributed by atoms with Gasteiger partial charge in [0.1, 0.15) is 11.4 Å². The Bertz CT molecular complexity index is 814. The standard InChI is InChI=1S/C16H13N3O/c17-16-13-4-2-1-3-12(13)15(18-19-16)11-5-6-14-10(9-11)7-8-20-14/h1-6,9H,7-8H2,(H2,17,19). The Labute approximate surface area is 116 Å². The molecule has 2 aromatic carbocycles. The molecule has 3 aromatic rings. The fourth-order valence-electron chi connectivity index (χ4n) is 2.67. The van der Waals surface area contributed by atoms with Gasteiger partial charge < -0.3 is 10.5 Å². The second-order valence-electron chi connectivity index (χ2n) is 4.90. The molecule has 0 aliphatic carbocycles. The number of nitrogens with two attached hydrogens (primary N) is 1. The lowest BCUT2D eigenvalue weighted by molar-refractivity contribution is 0.357. The molecule has 4 nitrogen and oxygen atoms in total. The van der Waals surface area contributed by atoms with Crippen molar-refractivity contribution in [2.24, 2.45) is 0 Å². The third-order valence-corrected chi connectivity index (χ3v) is 3.68. The average Bonchev–Trinajstić information content (AvgIpc) is 2.95. The van der Waals surface area contributed by atoms with Crippen LogP contribution in [0.15, 0.2) is 42.5 Å². The van der Waals surface area contributed by atoms with Crippen LogP contribution < -0.4 is 10.5 Å². The van der Waals surface area contributed by atoms with Crippen molar-refractivity contribution in [3.05, 3.63) is 48.0 Å². The van der Waals surface area contributed by atoms with E-state index in [1.54, 1.807) is 0 Å². The number of nitrogens with zero attached hydrogens (tertiary/aromatic N) is 2. The third kappa shape index (κ3) is 1.61. The van der Waals surface area contributed by atoms with E-state index in [9.17, 15) is 0 Å². The van der Waals surface area contributed by atoms with E-state index in [0.29, 0.717) is 5.82 Å². The Hall–Kier alpha value is -2.62. The fraction of sp³-hybridized carbons (Fsp3) is 0.125. The maximum Gasteiger partial charge on any atom is 0.154 e. The van der Waals surface area contributed by atoms with Gasteiger partial charge in [0, 0.05) is 22.8 Å². The van der Waals surface area contributed by atoms with Gasteiger partial charge in [-0.25, -0.2) is 0 Å². The lowest BCUT2D eigenvalue weighted by atomic mass is 10.0. The molecule has 1 aromatic heterocycles. The second-order valence-corrected chi connectivity index (χ2v) is 4.90. The number of rotatable bonds is 1. The lowest BCUT2D eigenvalue weighted by Gasteiger charge is -2.08. The van der Waals surface area contributed by atoms with Crippen molar-refractivity contribution in [3.8, 4) is 17.0 Å². The van der Waals surface area contributed by atoms with Crippen LogP contribution in [0.2, 0.25) is 0 Å². The zero-order valence-corrected chi connectivity index (χ0v) is 10.8. The summed E-state index contributed by atoms with van der Waals surface area (Å²) in [5.41, 5.74) is 9.05. The third-order valence-electron chi connectivity index (χ3n) is 3.68. The van der Waals surface area contributed by atoms with Crippen molar-refractivity contribution in [3.63, 3.8) is 0 Å². The highest BCUT2D eigenvalue weighted by Crippen LogP contribution is 2.33. The summed E-state index contributed by atoms with van der Waals surface area (Å²) in [5.74, 6) is 1.44. The Morgan fingerprint density at radius 1 is 1.00 bits per heavy atom. The van der Waals surface area contributed by atoms with Crippen LogP contribution in [0, 0.1) is 0 Å². The average molecular weight is 263 g/mol. The SMILES string of the molecule is Nc1nnc(-c2ccc3c(c2)CCO3)c2ccccc12. The molecule has 0 saturated heterocycles. The normalized spacial score (nSPS) is 13.2. The number of nitrogen functional groups attached to an aromatic ring is 1. The van der Waals surface area contributed by atoms with E-state index in [0.717, 1.165) is 40.8 Å². The van der Waals surface area contributed by atoms with Gasteiger partial charge in [-0.05, 0) is 23.8 Å². The molecule has 0 amide bonds. The minimum atomic E-state index is 0.467. The smallest absolute Gasteiger partial charge is 0.154 e. The molecule has 1 aliphatic heterocycles. The Morgan fingerprint density at radius 2 is 1.85 bits per heavy atom. The molecule has 0 unspecified atom stereocenters. The lowest BCUT2D eigenvalue weighted by Crippen LogP contribution is -1.97. The minimum absolute atomic E-state index is 0.467. The summed E-state index contributed by atoms with van der Waals surface area (Å²) in [4.78, 5) is 0. The molecule has 4 heteroatoms. The number of benzene rings is 2. The van der Waals surface area contributed by atoms with Crippen LogP contribution in [0.3, 0.4) is 0 Å². The zero-order chi connectivity index (χ0) is 13.5. The highest BCUT2D eigenvalue weighted by molar-refractivity contribution is 5.99. The second kappa shape index (κ2) is 4.20. The number of fused-ring (bicyclic) bond motifs is 2. The first-order valence-electron chi connectivity index (χ1n) is 6.60. The molecule has 0 fully saturated rings. The molecule has 98 valence electrons. The predicted octanol–water partition coefficient (Wildman–Crippen LogP) is 2.81. The van der Waals surface area contributed by atoms with Crippen LogP contribution in [0.25, 0.3) is 22.0 Å². The van der Waals surface area contributed by atoms with Gasteiger partial charge in [-0.1, -0.05) is 24.3 Å². The molecule has 2 N–H and O–H groups in total. The maximum atomic E-state index is 5.90. The van der Waals surface area contributed by atoms with Crippen molar-refractivity contribution in [2.45, 2.75) is 6.42 Å². The summed E-state index contributed by atoms with van der Waals surface area (Å²) in [6.45, 7) is 0.757. The zero-order valence-electron chi connectivity index (χ0n) is 10.8. The minimum Gasteiger partial charge on any atom is -0.493 e. The summed E-state index contributed by atoms with van der Waals surface area (Å²) in [6.07, 6.45) is 0.948. The van der Waals surface area contributed by atoms with Crippen LogP contribution in [0.5, 0.6) is 5.75 Å². The summed E-state index contributed by atoms with van der Waals surface area (Å²) in [7, 11) is 0. The van der Waals surface area contributed by atoms with Gasteiger partial charge in [-0.2, -0.15) is 0 Å². The molecule has 0 atom stereocenters. The van der Waals surface area contributed by atoms with Gasteiger partial charge in [0.25, 0.3) is 0 Å². The Morgan fingerprint density at radius 3 is 2.75 bits per heavy atom. The summed E-state index contributed by atoms with van der Waals surface area (Å²) >= 11 is 0. The molecule has 20 heavy (non-hydrogen) atoms. The highest BCUT2D eigenvalue weighted by atomic mass is 16.5. The number of hydrogen-bond donors (Lipinski definition) is 1. The van der Waals surface area contributed by atoms with Gasteiger partial charge in [0.2, 0.25) is 0 Å². The molecule has 2 heterocycles. The number of ether oxygens (including phenoxy) is 1. The van der Waals surface area contributed by atoms with Crippen molar-refractivity contribution in [2.75, 3.05) is 12.3 Å². The van der Waals surface area contributed by atoms with Gasteiger partial charge in [0.05, 0.1) is 6.61 Å². The first-order valence-corrected chi connectivity index (χ1v) is 6.60. The monoisotopic (exact) mass is 263 g/mol. The van der Waals surface area contributed by atoms with Crippen molar-refractivity contribution >= 4 is 16.6 Å². The first-order chi connectivity index (χ1) is 9.83. The van der Waals surface area contributed by atoms with Crippen molar-refractivity contribution in [1.82, 2.24) is 10.2 Å². The van der Waals surface area contributed by atoms with Crippen LogP contribution in [-0.2, 0) is 6.42 Å². The Kier molecular flexibility index (Phi) is 2.36. The highest BCUT2D eigenvalue weighted by Gasteiger charge is 2.15. The van der Waals surface area contributed by atoms with E-state index in [4.69, 9.17) is 10.5 Å². The molecule has 1 aliphatic rings. The van der Waals surface area contributed by atoms with Gasteiger partial charge in [-0.15, -0.1) is 10.2 Å². The van der Waals surface area contributed by atoms with Gasteiger partial charge >= 0.3 is 0 Å². The van der Waals surface area contributed by atoms with Crippen LogP contribution in [0.4, 0.5) is 5.82 Å². The van der Waals surface area contributed by atoms with E-state index in [1.165, 1.54) is 5.56 Å². The van der Waals surface area contributed by atoms with Crippen molar-refractivity contribution < 1.29 is 4.74 Å². The number of anilines is 1. The van der Waals surface area contributed by atoms with Crippen molar-refractivity contribution in [1.29, 1.82) is 0 Å². The van der Waals surface area contributed by atoms with Gasteiger partial charge in [-0.3, -0.25) is 0 Å². The van der Waals surface area contributed by atoms with Gasteiger partial charge in [0.15, 0.2) is 5.82 Å². The molecule has 0 radical (unpaired) electrons. The van der Waals surface area contributed by atoms with E-state index < -0.39 is 0 Å². The van der Waals surface area contributed by atoms with E-state index in [-0.39, 0.29) is 0 Å². The predicted molar refractivity (Wildman–Crippen MR) is 78.6 cm³/mol. The number of hydrogen-bond acceptors (Lipinski definition) is 4. The Balaban J connectivity index is 1.97. The topological polar surface area (TPSA) is 61.0 Å². The maximum absolute atomic E-state index is 5.90. The molecular formula is C16H13N3O. The summed E-state index contributed by atoms with van der Waals surface area (Å²) < 4.78 is 5.54. The summed E-state index contributed by atoms with van der Waals surface area (Å²) in [5, 5.41) is 10.3. The molecule has 0 saturated carbocycles. The van der Waals surface area contributed by atoms with Crippen LogP contribution in [-0.4, -0.2) is 16.8 Å². The fourth-order valence-corrected chi connectivity index (χ4v) is 2.67. The quantitative estimate of drug-likeness (QED) is 0.733. The molecule has 0 spiro atoms. The van der Waals surface area contributed by atoms with E-state index in [1.807, 2.05) is 36.4 Å². The summed E-state index contributed by atoms with van der Waals surface area (Å²) in [6, 6.07) is 14.1. The first kappa shape index (κ1) is 11.2. The van der Waals surface area contributed by atoms with Crippen LogP contribution >= 0.6 is 0 Å². The molecular weight excluding hydrogens is 250 g/mol. The number of aromatic nitrogens is 2. The molecule has 4 rings (SSSR count).